The molecule has 0 atom stereocenters. The number of nitrogens with one attached hydrogen (secondary N) is 1. The first-order valence-corrected chi connectivity index (χ1v) is 11.4. The molecule has 33 heavy (non-hydrogen) atoms. The van der Waals surface area contributed by atoms with E-state index in [0.717, 1.165) is 13.1 Å². The Bertz CT molecular complexity index is 1100. The summed E-state index contributed by atoms with van der Waals surface area (Å²) < 4.78 is 0. The lowest BCUT2D eigenvalue weighted by atomic mass is 10.0. The molecule has 7 heteroatoms. The predicted molar refractivity (Wildman–Crippen MR) is 130 cm³/mol. The molecular formula is C26H30N4O3. The van der Waals surface area contributed by atoms with E-state index in [9.17, 15) is 14.4 Å². The smallest absolute Gasteiger partial charge is 0.277 e. The number of hydrogen-bond acceptors (Lipinski definition) is 5. The van der Waals surface area contributed by atoms with Gasteiger partial charge in [-0.05, 0) is 48.7 Å². The van der Waals surface area contributed by atoms with Crippen molar-refractivity contribution in [2.75, 3.05) is 42.9 Å². The molecule has 0 unspecified atom stereocenters. The number of carbonyl (C=O) groups is 3. The summed E-state index contributed by atoms with van der Waals surface area (Å²) in [5.74, 6) is -0.618. The molecule has 172 valence electrons. The standard InChI is InChI=1S/C26H30N4O3/c1-4-12-30-25(32)23(20-8-10-21(11-9-20)27-19(3)31)24(26(30)33)29-15-13-28(14-16-29)22-7-5-6-18(2)17-22/h5-11,17H,4,12-16H2,1-3H3,(H,27,31). The van der Waals surface area contributed by atoms with Crippen molar-refractivity contribution in [1.82, 2.24) is 9.80 Å². The molecule has 0 aliphatic carbocycles. The molecule has 2 aromatic carbocycles. The summed E-state index contributed by atoms with van der Waals surface area (Å²) in [4.78, 5) is 43.7. The Balaban J connectivity index is 1.62. The maximum atomic E-state index is 13.3. The zero-order valence-corrected chi connectivity index (χ0v) is 19.4. The molecule has 4 rings (SSSR count). The summed E-state index contributed by atoms with van der Waals surface area (Å²) in [5.41, 5.74) is 4.68. The van der Waals surface area contributed by atoms with Crippen molar-refractivity contribution >= 4 is 34.7 Å². The van der Waals surface area contributed by atoms with E-state index in [4.69, 9.17) is 0 Å². The summed E-state index contributed by atoms with van der Waals surface area (Å²) in [7, 11) is 0. The molecule has 2 aliphatic heterocycles. The number of piperazine rings is 1. The van der Waals surface area contributed by atoms with E-state index in [1.165, 1.54) is 23.1 Å². The van der Waals surface area contributed by atoms with E-state index in [1.807, 2.05) is 6.92 Å². The number of aryl methyl sites for hydroxylation is 1. The van der Waals surface area contributed by atoms with Crippen molar-refractivity contribution < 1.29 is 14.4 Å². The minimum Gasteiger partial charge on any atom is -0.368 e. The second-order valence-electron chi connectivity index (χ2n) is 8.56. The average molecular weight is 447 g/mol. The Labute approximate surface area is 194 Å². The van der Waals surface area contributed by atoms with E-state index < -0.39 is 0 Å². The van der Waals surface area contributed by atoms with Gasteiger partial charge in [-0.15, -0.1) is 0 Å². The van der Waals surface area contributed by atoms with Crippen LogP contribution in [0.15, 0.2) is 54.2 Å². The van der Waals surface area contributed by atoms with Crippen LogP contribution in [0.2, 0.25) is 0 Å². The van der Waals surface area contributed by atoms with Crippen molar-refractivity contribution in [2.24, 2.45) is 0 Å². The SMILES string of the molecule is CCCN1C(=O)C(c2ccc(NC(C)=O)cc2)=C(N2CCN(c3cccc(C)c3)CC2)C1=O. The van der Waals surface area contributed by atoms with Crippen LogP contribution in [0.4, 0.5) is 11.4 Å². The highest BCUT2D eigenvalue weighted by Crippen LogP contribution is 2.33. The fraction of sp³-hybridized carbons (Fsp3) is 0.346. The molecule has 0 bridgehead atoms. The van der Waals surface area contributed by atoms with Crippen LogP contribution in [0.3, 0.4) is 0 Å². The third-order valence-corrected chi connectivity index (χ3v) is 6.05. The van der Waals surface area contributed by atoms with Gasteiger partial charge in [0, 0.05) is 51.0 Å². The van der Waals surface area contributed by atoms with Crippen LogP contribution in [-0.4, -0.2) is 60.2 Å². The van der Waals surface area contributed by atoms with Gasteiger partial charge in [-0.2, -0.15) is 0 Å². The lowest BCUT2D eigenvalue weighted by Crippen LogP contribution is -2.47. The van der Waals surface area contributed by atoms with Crippen LogP contribution in [0, 0.1) is 6.92 Å². The second-order valence-corrected chi connectivity index (χ2v) is 8.56. The third-order valence-electron chi connectivity index (χ3n) is 6.05. The van der Waals surface area contributed by atoms with Crippen molar-refractivity contribution in [3.63, 3.8) is 0 Å². The first-order valence-electron chi connectivity index (χ1n) is 11.4. The summed E-state index contributed by atoms with van der Waals surface area (Å²) in [5, 5.41) is 2.74. The molecule has 0 saturated carbocycles. The molecule has 2 aromatic rings. The van der Waals surface area contributed by atoms with Crippen LogP contribution in [0.1, 0.15) is 31.4 Å². The molecule has 1 fully saturated rings. The molecule has 3 amide bonds. The lowest BCUT2D eigenvalue weighted by molar-refractivity contribution is -0.137. The lowest BCUT2D eigenvalue weighted by Gasteiger charge is -2.37. The van der Waals surface area contributed by atoms with Gasteiger partial charge in [-0.3, -0.25) is 19.3 Å². The van der Waals surface area contributed by atoms with Gasteiger partial charge < -0.3 is 15.1 Å². The minimum atomic E-state index is -0.245. The van der Waals surface area contributed by atoms with Crippen molar-refractivity contribution in [3.8, 4) is 0 Å². The highest BCUT2D eigenvalue weighted by atomic mass is 16.2. The van der Waals surface area contributed by atoms with E-state index in [-0.39, 0.29) is 17.7 Å². The number of nitrogens with zero attached hydrogens (tertiary/aromatic N) is 3. The van der Waals surface area contributed by atoms with E-state index >= 15 is 0 Å². The normalized spacial score (nSPS) is 16.6. The zero-order valence-electron chi connectivity index (χ0n) is 19.4. The number of imide groups is 1. The van der Waals surface area contributed by atoms with Gasteiger partial charge >= 0.3 is 0 Å². The van der Waals surface area contributed by atoms with Crippen LogP contribution in [0.25, 0.3) is 5.57 Å². The average Bonchev–Trinajstić information content (AvgIpc) is 3.04. The molecule has 0 radical (unpaired) electrons. The van der Waals surface area contributed by atoms with E-state index in [0.29, 0.717) is 48.6 Å². The first-order chi connectivity index (χ1) is 15.9. The van der Waals surface area contributed by atoms with Crippen LogP contribution < -0.4 is 10.2 Å². The number of anilines is 2. The van der Waals surface area contributed by atoms with Gasteiger partial charge in [0.1, 0.15) is 5.70 Å². The van der Waals surface area contributed by atoms with Crippen LogP contribution >= 0.6 is 0 Å². The Kier molecular flexibility index (Phi) is 6.49. The second kappa shape index (κ2) is 9.48. The maximum Gasteiger partial charge on any atom is 0.277 e. The molecule has 2 heterocycles. The number of amides is 3. The fourth-order valence-corrected chi connectivity index (χ4v) is 4.48. The van der Waals surface area contributed by atoms with Crippen LogP contribution in [-0.2, 0) is 14.4 Å². The minimum absolute atomic E-state index is 0.157. The summed E-state index contributed by atoms with van der Waals surface area (Å²) in [6.45, 7) is 8.77. The van der Waals surface area contributed by atoms with Crippen molar-refractivity contribution in [1.29, 1.82) is 0 Å². The molecule has 2 aliphatic rings. The summed E-state index contributed by atoms with van der Waals surface area (Å²) >= 11 is 0. The Morgan fingerprint density at radius 1 is 0.939 bits per heavy atom. The number of benzene rings is 2. The largest absolute Gasteiger partial charge is 0.368 e. The van der Waals surface area contributed by atoms with Gasteiger partial charge in [-0.25, -0.2) is 0 Å². The Hall–Kier alpha value is -3.61. The van der Waals surface area contributed by atoms with Crippen molar-refractivity contribution in [2.45, 2.75) is 27.2 Å². The summed E-state index contributed by atoms with van der Waals surface area (Å²) in [6.07, 6.45) is 0.709. The quantitative estimate of drug-likeness (QED) is 0.690. The molecule has 1 saturated heterocycles. The zero-order chi connectivity index (χ0) is 23.5. The summed E-state index contributed by atoms with van der Waals surface area (Å²) in [6, 6.07) is 15.5. The van der Waals surface area contributed by atoms with Gasteiger partial charge in [0.25, 0.3) is 11.8 Å². The fourth-order valence-electron chi connectivity index (χ4n) is 4.48. The number of carbonyl (C=O) groups excluding carboxylic acids is 3. The Morgan fingerprint density at radius 3 is 2.21 bits per heavy atom. The highest BCUT2D eigenvalue weighted by molar-refractivity contribution is 6.35. The molecule has 1 N–H and O–H groups in total. The van der Waals surface area contributed by atoms with Gasteiger partial charge in [0.15, 0.2) is 0 Å². The topological polar surface area (TPSA) is 73.0 Å². The molecule has 7 nitrogen and oxygen atoms in total. The third kappa shape index (κ3) is 4.62. The maximum absolute atomic E-state index is 13.3. The molecular weight excluding hydrogens is 416 g/mol. The highest BCUT2D eigenvalue weighted by Gasteiger charge is 2.41. The van der Waals surface area contributed by atoms with Gasteiger partial charge in [0.2, 0.25) is 5.91 Å². The predicted octanol–water partition coefficient (Wildman–Crippen LogP) is 3.27. The first kappa shape index (κ1) is 22.6. The number of hydrogen-bond donors (Lipinski definition) is 1. The van der Waals surface area contributed by atoms with E-state index in [1.54, 1.807) is 24.3 Å². The Morgan fingerprint density at radius 2 is 1.61 bits per heavy atom. The van der Waals surface area contributed by atoms with Gasteiger partial charge in [-0.1, -0.05) is 31.2 Å². The van der Waals surface area contributed by atoms with Gasteiger partial charge in [0.05, 0.1) is 5.57 Å². The van der Waals surface area contributed by atoms with Crippen LogP contribution in [0.5, 0.6) is 0 Å². The van der Waals surface area contributed by atoms with E-state index in [2.05, 4.69) is 46.3 Å². The molecule has 0 aromatic heterocycles. The van der Waals surface area contributed by atoms with Crippen molar-refractivity contribution in [3.05, 3.63) is 65.4 Å². The number of rotatable bonds is 6. The molecule has 0 spiro atoms. The monoisotopic (exact) mass is 446 g/mol.